The second-order valence-electron chi connectivity index (χ2n) is 20.4. The molecule has 0 saturated carbocycles. The molecule has 0 aromatic heterocycles. The van der Waals surface area contributed by atoms with E-state index in [-0.39, 0.29) is 88.6 Å². The number of phenols is 1. The highest BCUT2D eigenvalue weighted by Crippen LogP contribution is 2.13. The Labute approximate surface area is 492 Å². The molecule has 0 radical (unpaired) electrons. The van der Waals surface area contributed by atoms with E-state index in [4.69, 9.17) is 34.4 Å². The van der Waals surface area contributed by atoms with Gasteiger partial charge in [-0.15, -0.1) is 0 Å². The van der Waals surface area contributed by atoms with Gasteiger partial charge < -0.3 is 92.7 Å². The summed E-state index contributed by atoms with van der Waals surface area (Å²) >= 11 is 4.04. The number of hydrogen-bond acceptors (Lipinski definition) is 18. The minimum absolute atomic E-state index is 0.00766. The topological polar surface area (TPSA) is 484 Å². The highest BCUT2D eigenvalue weighted by Gasteiger charge is 2.33. The van der Waals surface area contributed by atoms with Crippen molar-refractivity contribution < 1.29 is 57.8 Å². The second-order valence-corrected chi connectivity index (χ2v) is 20.9. The van der Waals surface area contributed by atoms with E-state index in [0.717, 1.165) is 0 Å². The summed E-state index contributed by atoms with van der Waals surface area (Å²) in [7, 11) is 0. The SMILES string of the molecule is C[C@H](NC(=O)[C@H](CCCCN)NC(=O)[C@H](C)NC(=O)[C@H](CCCCN)NC(=O)[C@H](C)NC(=O)[C@H](CCCCN)NC(=O)[C@H](CCCCNC(=O)CCC(=O)NCCS)NC(=O)[C@@H](N)Cc1ccc(O)cc1)C(=O)N[C@@H](CCCCN)C(N)=O. The van der Waals surface area contributed by atoms with Crippen LogP contribution in [0.2, 0.25) is 0 Å². The number of aromatic hydroxyl groups is 1. The van der Waals surface area contributed by atoms with E-state index in [1.54, 1.807) is 12.1 Å². The van der Waals surface area contributed by atoms with Crippen LogP contribution in [-0.2, 0) is 59.2 Å². The van der Waals surface area contributed by atoms with E-state index in [9.17, 15) is 57.8 Å². The van der Waals surface area contributed by atoms with Crippen molar-refractivity contribution in [1.29, 1.82) is 0 Å². The first-order chi connectivity index (χ1) is 39.5. The number of nitrogens with one attached hydrogen (secondary N) is 10. The van der Waals surface area contributed by atoms with Crippen molar-refractivity contribution in [1.82, 2.24) is 53.2 Å². The average Bonchev–Trinajstić information content (AvgIpc) is 3.44. The zero-order valence-corrected chi connectivity index (χ0v) is 49.4. The van der Waals surface area contributed by atoms with Gasteiger partial charge in [-0.3, -0.25) is 52.7 Å². The molecule has 0 bridgehead atoms. The second kappa shape index (κ2) is 43.1. The van der Waals surface area contributed by atoms with Gasteiger partial charge in [-0.05, 0) is 167 Å². The summed E-state index contributed by atoms with van der Waals surface area (Å²) in [5.74, 6) is -6.83. The molecule has 1 aromatic rings. The number of carbonyl (C=O) groups is 11. The molecule has 0 aliphatic rings. The molecule has 23 N–H and O–H groups in total. The third-order valence-corrected chi connectivity index (χ3v) is 13.4. The monoisotopic (exact) mass is 1190 g/mol. The molecule has 0 heterocycles. The lowest BCUT2D eigenvalue weighted by molar-refractivity contribution is -0.135. The fraction of sp³-hybridized carbons (Fsp3) is 0.685. The van der Waals surface area contributed by atoms with Gasteiger partial charge in [0.2, 0.25) is 65.0 Å². The van der Waals surface area contributed by atoms with Gasteiger partial charge in [0.25, 0.3) is 0 Å². The molecule has 9 atom stereocenters. The van der Waals surface area contributed by atoms with Crippen LogP contribution in [0.1, 0.15) is 135 Å². The van der Waals surface area contributed by atoms with Crippen LogP contribution in [0.3, 0.4) is 0 Å². The van der Waals surface area contributed by atoms with Gasteiger partial charge in [-0.2, -0.15) is 12.6 Å². The van der Waals surface area contributed by atoms with Gasteiger partial charge in [0.05, 0.1) is 6.04 Å². The zero-order chi connectivity index (χ0) is 62.3. The van der Waals surface area contributed by atoms with Gasteiger partial charge in [-0.1, -0.05) is 12.1 Å². The lowest BCUT2D eigenvalue weighted by atomic mass is 10.0. The van der Waals surface area contributed by atoms with Crippen molar-refractivity contribution in [3.05, 3.63) is 29.8 Å². The Balaban J connectivity index is 3.22. The van der Waals surface area contributed by atoms with Crippen LogP contribution in [0.4, 0.5) is 0 Å². The lowest BCUT2D eigenvalue weighted by Crippen LogP contribution is -2.59. The summed E-state index contributed by atoms with van der Waals surface area (Å²) in [4.78, 5) is 146. The molecule has 1 aromatic carbocycles. The summed E-state index contributed by atoms with van der Waals surface area (Å²) in [6.07, 6.45) is 5.01. The third kappa shape index (κ3) is 32.1. The zero-order valence-electron chi connectivity index (χ0n) is 48.5. The van der Waals surface area contributed by atoms with Crippen molar-refractivity contribution in [2.24, 2.45) is 34.4 Å². The van der Waals surface area contributed by atoms with Crippen LogP contribution >= 0.6 is 12.6 Å². The minimum atomic E-state index is -1.29. The molecule has 0 fully saturated rings. The molecule has 0 aliphatic heterocycles. The number of amides is 11. The molecule has 83 heavy (non-hydrogen) atoms. The first-order valence-corrected chi connectivity index (χ1v) is 29.4. The van der Waals surface area contributed by atoms with E-state index < -0.39 is 108 Å². The molecular weight excluding hydrogens is 1100 g/mol. The highest BCUT2D eigenvalue weighted by molar-refractivity contribution is 7.80. The van der Waals surface area contributed by atoms with E-state index in [1.807, 2.05) is 0 Å². The van der Waals surface area contributed by atoms with Gasteiger partial charge in [-0.25, -0.2) is 0 Å². The molecule has 470 valence electrons. The highest BCUT2D eigenvalue weighted by atomic mass is 32.1. The van der Waals surface area contributed by atoms with Gasteiger partial charge in [0.1, 0.15) is 54.1 Å². The summed E-state index contributed by atoms with van der Waals surface area (Å²) in [6, 6.07) is -4.59. The Morgan fingerprint density at radius 1 is 0.434 bits per heavy atom. The Morgan fingerprint density at radius 3 is 1.11 bits per heavy atom. The van der Waals surface area contributed by atoms with E-state index in [0.29, 0.717) is 95.2 Å². The molecular formula is C54H96N16O12S. The summed E-state index contributed by atoms with van der Waals surface area (Å²) < 4.78 is 0. The number of phenolic OH excluding ortho intramolecular Hbond substituents is 1. The molecule has 1 rings (SSSR count). The van der Waals surface area contributed by atoms with E-state index in [2.05, 4.69) is 65.8 Å². The fourth-order valence-corrected chi connectivity index (χ4v) is 8.30. The molecule has 0 saturated heterocycles. The number of unbranched alkanes of at least 4 members (excludes halogenated alkanes) is 5. The Morgan fingerprint density at radius 2 is 0.747 bits per heavy atom. The van der Waals surface area contributed by atoms with Crippen LogP contribution in [0.5, 0.6) is 5.75 Å². The van der Waals surface area contributed by atoms with Crippen molar-refractivity contribution in [2.75, 3.05) is 45.0 Å². The molecule has 29 heteroatoms. The number of nitrogens with two attached hydrogens (primary N) is 6. The normalized spacial score (nSPS) is 14.3. The first kappa shape index (κ1) is 74.4. The number of benzene rings is 1. The number of carbonyl (C=O) groups excluding carboxylic acids is 11. The quantitative estimate of drug-likeness (QED) is 0.0221. The Hall–Kier alpha value is -6.66. The van der Waals surface area contributed by atoms with Crippen LogP contribution in [0, 0.1) is 0 Å². The lowest BCUT2D eigenvalue weighted by Gasteiger charge is -2.26. The first-order valence-electron chi connectivity index (χ1n) is 28.7. The number of hydrogen-bond donors (Lipinski definition) is 18. The van der Waals surface area contributed by atoms with Crippen LogP contribution in [-0.4, -0.2) is 169 Å². The number of rotatable bonds is 45. The van der Waals surface area contributed by atoms with Crippen LogP contribution in [0.25, 0.3) is 0 Å². The molecule has 28 nitrogen and oxygen atoms in total. The molecule has 11 amide bonds. The maximum absolute atomic E-state index is 14.1. The predicted octanol–water partition coefficient (Wildman–Crippen LogP) is -3.69. The summed E-state index contributed by atoms with van der Waals surface area (Å²) in [6.45, 7) is 5.94. The number of thiol groups is 1. The Kier molecular flexibility index (Phi) is 38.6. The predicted molar refractivity (Wildman–Crippen MR) is 316 cm³/mol. The number of primary amides is 1. The van der Waals surface area contributed by atoms with Crippen molar-refractivity contribution in [2.45, 2.75) is 191 Å². The molecule has 0 unspecified atom stereocenters. The van der Waals surface area contributed by atoms with Crippen molar-refractivity contribution in [3.8, 4) is 5.75 Å². The van der Waals surface area contributed by atoms with Crippen molar-refractivity contribution >= 4 is 77.6 Å². The average molecular weight is 1190 g/mol. The standard InChI is InChI=1S/C54H96N16O12S/c1-33(47(75)66-39(46(60)74)14-4-9-25-55)63-51(79)40(15-5-10-26-56)67-48(76)34(2)64-52(80)41(16-6-11-27-57)68-49(77)35(3)65-53(81)42(17-7-12-28-58)70-54(82)43(69-50(78)38(59)32-36-19-21-37(71)22-20-36)18-8-13-29-61-44(72)23-24-45(73)62-30-31-83/h19-22,33-35,38-43,71,83H,4-18,23-32,55-59H2,1-3H3,(H2,60,74)(H,61,72)(H,62,73)(H,63,79)(H,64,80)(H,65,81)(H,66,75)(H,67,76)(H,68,77)(H,69,78)(H,70,82)/t33-,34-,35-,38-,39-,40-,41-,42-,43-/m0/s1. The largest absolute Gasteiger partial charge is 0.508 e. The molecule has 0 spiro atoms. The fourth-order valence-electron chi connectivity index (χ4n) is 8.19. The van der Waals surface area contributed by atoms with Crippen LogP contribution < -0.4 is 87.6 Å². The van der Waals surface area contributed by atoms with E-state index >= 15 is 0 Å². The third-order valence-electron chi connectivity index (χ3n) is 13.2. The minimum Gasteiger partial charge on any atom is -0.508 e. The maximum Gasteiger partial charge on any atom is 0.243 e. The van der Waals surface area contributed by atoms with Gasteiger partial charge >= 0.3 is 0 Å². The smallest absolute Gasteiger partial charge is 0.243 e. The van der Waals surface area contributed by atoms with Crippen LogP contribution in [0.15, 0.2) is 24.3 Å². The summed E-state index contributed by atoms with van der Waals surface area (Å²) in [5.41, 5.74) is 35.1. The van der Waals surface area contributed by atoms with Gasteiger partial charge in [0.15, 0.2) is 0 Å². The molecule has 0 aliphatic carbocycles. The maximum atomic E-state index is 14.1. The van der Waals surface area contributed by atoms with Crippen molar-refractivity contribution in [3.63, 3.8) is 0 Å². The Bertz CT molecular complexity index is 2200. The summed E-state index contributed by atoms with van der Waals surface area (Å²) in [5, 5.41) is 36.0. The van der Waals surface area contributed by atoms with E-state index in [1.165, 1.54) is 32.9 Å². The van der Waals surface area contributed by atoms with Gasteiger partial charge in [0, 0.05) is 31.7 Å².